The Balaban J connectivity index is 1.24. The predicted molar refractivity (Wildman–Crippen MR) is 128 cm³/mol. The zero-order valence-corrected chi connectivity index (χ0v) is 19.8. The average molecular weight is 468 g/mol. The maximum Gasteiger partial charge on any atom is 0.243 e. The van der Waals surface area contributed by atoms with Gasteiger partial charge in [0.25, 0.3) is 0 Å². The number of rotatable bonds is 8. The van der Waals surface area contributed by atoms with Gasteiger partial charge < -0.3 is 9.84 Å². The molecular weight excluding hydrogens is 438 g/mol. The fourth-order valence-electron chi connectivity index (χ4n) is 4.15. The molecule has 1 aliphatic heterocycles. The number of hydrogen-bond acceptors (Lipinski definition) is 6. The Hall–Kier alpha value is -2.74. The van der Waals surface area contributed by atoms with Crippen LogP contribution in [-0.4, -0.2) is 58.6 Å². The number of nitrogens with one attached hydrogen (secondary N) is 1. The molecule has 0 aliphatic carbocycles. The van der Waals surface area contributed by atoms with Gasteiger partial charge in [0.2, 0.25) is 11.8 Å². The molecule has 1 aliphatic rings. The van der Waals surface area contributed by atoms with Crippen LogP contribution in [0.1, 0.15) is 48.8 Å². The summed E-state index contributed by atoms with van der Waals surface area (Å²) in [6.07, 6.45) is 0.659. The van der Waals surface area contributed by atoms with Crippen LogP contribution in [0.5, 0.6) is 0 Å². The van der Waals surface area contributed by atoms with E-state index in [2.05, 4.69) is 44.3 Å². The van der Waals surface area contributed by atoms with Crippen LogP contribution in [0.4, 0.5) is 0 Å². The van der Waals surface area contributed by atoms with E-state index in [4.69, 9.17) is 16.1 Å². The van der Waals surface area contributed by atoms with Gasteiger partial charge in [-0.2, -0.15) is 4.98 Å². The summed E-state index contributed by atoms with van der Waals surface area (Å²) < 4.78 is 5.55. The van der Waals surface area contributed by atoms with Gasteiger partial charge in [-0.15, -0.1) is 0 Å². The number of amides is 1. The smallest absolute Gasteiger partial charge is 0.243 e. The largest absolute Gasteiger partial charge is 0.348 e. The number of benzene rings is 2. The summed E-state index contributed by atoms with van der Waals surface area (Å²) in [4.78, 5) is 21.7. The molecule has 0 radical (unpaired) electrons. The molecule has 0 spiro atoms. The Labute approximate surface area is 199 Å². The summed E-state index contributed by atoms with van der Waals surface area (Å²) in [7, 11) is 0. The number of nitrogens with zero attached hydrogens (tertiary/aromatic N) is 4. The van der Waals surface area contributed by atoms with E-state index in [9.17, 15) is 4.79 Å². The van der Waals surface area contributed by atoms with E-state index in [1.165, 1.54) is 0 Å². The second kappa shape index (κ2) is 10.9. The fraction of sp³-hybridized carbons (Fsp3) is 0.400. The second-order valence-electron chi connectivity index (χ2n) is 8.51. The van der Waals surface area contributed by atoms with E-state index < -0.39 is 0 Å². The minimum Gasteiger partial charge on any atom is -0.348 e. The van der Waals surface area contributed by atoms with Gasteiger partial charge in [0.15, 0.2) is 5.82 Å². The van der Waals surface area contributed by atoms with Gasteiger partial charge in [-0.1, -0.05) is 65.3 Å². The molecule has 1 fully saturated rings. The summed E-state index contributed by atoms with van der Waals surface area (Å²) >= 11 is 6.25. The zero-order valence-electron chi connectivity index (χ0n) is 19.1. The number of carbonyl (C=O) groups is 1. The zero-order chi connectivity index (χ0) is 23.2. The molecule has 4 rings (SSSR count). The van der Waals surface area contributed by atoms with Gasteiger partial charge in [0.1, 0.15) is 0 Å². The van der Waals surface area contributed by atoms with Gasteiger partial charge in [0.05, 0.1) is 18.6 Å². The Morgan fingerprint density at radius 1 is 1.06 bits per heavy atom. The minimum atomic E-state index is -0.130. The molecule has 8 heteroatoms. The lowest BCUT2D eigenvalue weighted by Gasteiger charge is -2.36. The number of halogens is 1. The molecule has 1 amide bonds. The standard InChI is InChI=1S/C25H30ClN5O2/c1-18(21-10-6-7-11-22(21)26)27-24(32)17-30-12-14-31(15-13-30)19(2)25-28-23(29-33-25)16-20-8-4-3-5-9-20/h3-11,18-19H,12-17H2,1-2H3,(H,27,32)/t18-,19+/m0/s1. The summed E-state index contributed by atoms with van der Waals surface area (Å²) in [6, 6.07) is 17.6. The first-order valence-corrected chi connectivity index (χ1v) is 11.7. The Morgan fingerprint density at radius 2 is 1.76 bits per heavy atom. The first-order valence-electron chi connectivity index (χ1n) is 11.4. The van der Waals surface area contributed by atoms with Gasteiger partial charge in [0, 0.05) is 37.6 Å². The molecule has 33 heavy (non-hydrogen) atoms. The number of carbonyl (C=O) groups excluding carboxylic acids is 1. The maximum atomic E-state index is 12.6. The van der Waals surface area contributed by atoms with Gasteiger partial charge >= 0.3 is 0 Å². The summed E-state index contributed by atoms with van der Waals surface area (Å²) in [5, 5.41) is 7.88. The topological polar surface area (TPSA) is 74.5 Å². The lowest BCUT2D eigenvalue weighted by Crippen LogP contribution is -2.50. The molecule has 174 valence electrons. The van der Waals surface area contributed by atoms with Crippen molar-refractivity contribution >= 4 is 17.5 Å². The van der Waals surface area contributed by atoms with Crippen LogP contribution in [0.15, 0.2) is 59.1 Å². The van der Waals surface area contributed by atoms with Crippen molar-refractivity contribution in [1.29, 1.82) is 0 Å². The van der Waals surface area contributed by atoms with E-state index in [0.29, 0.717) is 29.7 Å². The van der Waals surface area contributed by atoms with Crippen molar-refractivity contribution < 1.29 is 9.32 Å². The first-order chi connectivity index (χ1) is 16.0. The van der Waals surface area contributed by atoms with E-state index in [0.717, 1.165) is 37.3 Å². The summed E-state index contributed by atoms with van der Waals surface area (Å²) in [6.45, 7) is 7.71. The van der Waals surface area contributed by atoms with Crippen molar-refractivity contribution in [3.05, 3.63) is 82.5 Å². The predicted octanol–water partition coefficient (Wildman–Crippen LogP) is 3.87. The van der Waals surface area contributed by atoms with Crippen molar-refractivity contribution in [2.45, 2.75) is 32.4 Å². The van der Waals surface area contributed by atoms with Crippen LogP contribution in [-0.2, 0) is 11.2 Å². The van der Waals surface area contributed by atoms with Crippen LogP contribution in [0.3, 0.4) is 0 Å². The Morgan fingerprint density at radius 3 is 2.48 bits per heavy atom. The third-order valence-corrected chi connectivity index (χ3v) is 6.46. The summed E-state index contributed by atoms with van der Waals surface area (Å²) in [5.74, 6) is 1.35. The number of hydrogen-bond donors (Lipinski definition) is 1. The number of piperazine rings is 1. The molecule has 0 saturated carbocycles. The molecule has 2 aromatic carbocycles. The van der Waals surface area contributed by atoms with Crippen molar-refractivity contribution in [3.8, 4) is 0 Å². The van der Waals surface area contributed by atoms with Crippen molar-refractivity contribution in [1.82, 2.24) is 25.3 Å². The Kier molecular flexibility index (Phi) is 7.75. The maximum absolute atomic E-state index is 12.6. The fourth-order valence-corrected chi connectivity index (χ4v) is 4.45. The molecule has 7 nitrogen and oxygen atoms in total. The highest BCUT2D eigenvalue weighted by atomic mass is 35.5. The van der Waals surface area contributed by atoms with Crippen molar-refractivity contribution in [2.75, 3.05) is 32.7 Å². The molecule has 0 bridgehead atoms. The second-order valence-corrected chi connectivity index (χ2v) is 8.92. The highest BCUT2D eigenvalue weighted by Crippen LogP contribution is 2.23. The van der Waals surface area contributed by atoms with Gasteiger partial charge in [-0.25, -0.2) is 0 Å². The Bertz CT molecular complexity index is 1050. The van der Waals surface area contributed by atoms with Crippen LogP contribution in [0, 0.1) is 0 Å². The molecule has 2 heterocycles. The molecule has 1 N–H and O–H groups in total. The molecule has 1 aromatic heterocycles. The van der Waals surface area contributed by atoms with Crippen LogP contribution in [0.2, 0.25) is 5.02 Å². The van der Waals surface area contributed by atoms with E-state index >= 15 is 0 Å². The monoisotopic (exact) mass is 467 g/mol. The lowest BCUT2D eigenvalue weighted by atomic mass is 10.1. The molecule has 0 unspecified atom stereocenters. The quantitative estimate of drug-likeness (QED) is 0.542. The summed E-state index contributed by atoms with van der Waals surface area (Å²) in [5.41, 5.74) is 2.09. The third kappa shape index (κ3) is 6.19. The van der Waals surface area contributed by atoms with E-state index in [1.807, 2.05) is 49.4 Å². The molecule has 1 saturated heterocycles. The highest BCUT2D eigenvalue weighted by Gasteiger charge is 2.27. The first kappa shape index (κ1) is 23.4. The average Bonchev–Trinajstić information content (AvgIpc) is 3.28. The molecule has 2 atom stereocenters. The lowest BCUT2D eigenvalue weighted by molar-refractivity contribution is -0.123. The molecular formula is C25H30ClN5O2. The van der Waals surface area contributed by atoms with Gasteiger partial charge in [-0.05, 0) is 31.0 Å². The van der Waals surface area contributed by atoms with E-state index in [-0.39, 0.29) is 18.0 Å². The SMILES string of the molecule is C[C@H](NC(=O)CN1CCN([C@H](C)c2nc(Cc3ccccc3)no2)CC1)c1ccccc1Cl. The highest BCUT2D eigenvalue weighted by molar-refractivity contribution is 6.31. The number of aromatic nitrogens is 2. The van der Waals surface area contributed by atoms with Crippen molar-refractivity contribution in [2.24, 2.45) is 0 Å². The van der Waals surface area contributed by atoms with Crippen LogP contribution < -0.4 is 5.32 Å². The van der Waals surface area contributed by atoms with Crippen molar-refractivity contribution in [3.63, 3.8) is 0 Å². The molecule has 3 aromatic rings. The van der Waals surface area contributed by atoms with Crippen LogP contribution >= 0.6 is 11.6 Å². The normalized spacial score (nSPS) is 16.9. The van der Waals surface area contributed by atoms with Gasteiger partial charge in [-0.3, -0.25) is 14.6 Å². The third-order valence-electron chi connectivity index (χ3n) is 6.12. The van der Waals surface area contributed by atoms with E-state index in [1.54, 1.807) is 0 Å². The van der Waals surface area contributed by atoms with Crippen LogP contribution in [0.25, 0.3) is 0 Å². The minimum absolute atomic E-state index is 0.00590.